The number of nitrogens with two attached hydrogens (primary N) is 2. The first-order valence-corrected chi connectivity index (χ1v) is 17.2. The molecule has 0 radical (unpaired) electrons. The number of carboxylic acid groups (broad SMARTS) is 2. The van der Waals surface area contributed by atoms with Gasteiger partial charge in [-0.25, -0.2) is 27.8 Å². The predicted molar refractivity (Wildman–Crippen MR) is 170 cm³/mol. The normalized spacial score (nSPS) is 18.0. The van der Waals surface area contributed by atoms with Crippen LogP contribution >= 0.6 is 23.1 Å². The summed E-state index contributed by atoms with van der Waals surface area (Å²) in [6, 6.07) is 2.05. The minimum Gasteiger partial charge on any atom is -0.506 e. The number of ether oxygens (including phenoxy) is 1. The van der Waals surface area contributed by atoms with Gasteiger partial charge in [-0.15, -0.1) is 23.1 Å². The number of phenols is 1. The molecule has 48 heavy (non-hydrogen) atoms. The molecule has 2 aromatic rings. The zero-order chi connectivity index (χ0) is 35.6. The summed E-state index contributed by atoms with van der Waals surface area (Å²) in [7, 11) is -3.83. The number of nitrogen functional groups attached to an aromatic ring is 1. The predicted octanol–water partition coefficient (Wildman–Crippen LogP) is -0.689. The first-order chi connectivity index (χ1) is 22.5. The molecule has 1 aromatic heterocycles. The second-order valence-corrected chi connectivity index (χ2v) is 14.4. The number of hydrogen-bond donors (Lipinski definition) is 7. The minimum atomic E-state index is -3.83. The second-order valence-electron chi connectivity index (χ2n) is 10.6. The summed E-state index contributed by atoms with van der Waals surface area (Å²) >= 11 is 2.04. The summed E-state index contributed by atoms with van der Waals surface area (Å²) in [5.74, 6) is -6.62. The maximum absolute atomic E-state index is 13.2. The number of aromatic hydroxyl groups is 1. The van der Waals surface area contributed by atoms with Gasteiger partial charge >= 0.3 is 17.9 Å². The lowest BCUT2D eigenvalue weighted by molar-refractivity contribution is -0.161. The summed E-state index contributed by atoms with van der Waals surface area (Å²) in [6.07, 6.45) is 0. The monoisotopic (exact) mass is 727 g/mol. The third-order valence-corrected chi connectivity index (χ3v) is 9.98. The van der Waals surface area contributed by atoms with Crippen molar-refractivity contribution in [2.45, 2.75) is 30.9 Å². The second kappa shape index (κ2) is 14.0. The fraction of sp³-hybridized carbons (Fsp3) is 0.346. The number of carbonyl (C=O) groups is 5. The van der Waals surface area contributed by atoms with Crippen LogP contribution < -0.4 is 21.5 Å². The van der Waals surface area contributed by atoms with E-state index in [9.17, 15) is 47.7 Å². The van der Waals surface area contributed by atoms with E-state index in [1.54, 1.807) is 0 Å². The smallest absolute Gasteiger partial charge is 0.352 e. The lowest BCUT2D eigenvalue weighted by atomic mass is 10.0. The number of anilines is 2. The molecular formula is C26H29N7O12S3. The van der Waals surface area contributed by atoms with E-state index >= 15 is 0 Å². The van der Waals surface area contributed by atoms with Gasteiger partial charge in [-0.2, -0.15) is 0 Å². The number of amides is 2. The average molecular weight is 728 g/mol. The number of aliphatic carboxylic acids is 2. The molecule has 1 fully saturated rings. The van der Waals surface area contributed by atoms with Gasteiger partial charge in [-0.05, 0) is 32.0 Å². The number of β-lactam (4-membered cyclic amide) rings is 1. The number of rotatable bonds is 14. The molecule has 22 heteroatoms. The van der Waals surface area contributed by atoms with Crippen LogP contribution in [0.15, 0.2) is 40.0 Å². The number of aromatic nitrogens is 1. The van der Waals surface area contributed by atoms with Crippen LogP contribution in [0.2, 0.25) is 0 Å². The first kappa shape index (κ1) is 35.9. The average Bonchev–Trinajstić information content (AvgIpc) is 3.44. The molecule has 2 aliphatic rings. The maximum Gasteiger partial charge on any atom is 0.352 e. The zero-order valence-electron chi connectivity index (χ0n) is 25.0. The number of oxime groups is 1. The fourth-order valence-corrected chi connectivity index (χ4v) is 6.95. The SMILES string of the molecule is CC(C)(ON=C(C(=O)NC1C(=O)N2C(C(=O)O)=C(COC(=O)c3ccc(NS(=O)(=O)CCN)c(O)c3)CS[C@H]12)c1csc(N)n1)C(=O)O. The molecule has 0 bridgehead atoms. The fourth-order valence-electron chi connectivity index (χ4n) is 4.16. The lowest BCUT2D eigenvalue weighted by Gasteiger charge is -2.49. The van der Waals surface area contributed by atoms with Gasteiger partial charge in [-0.3, -0.25) is 19.2 Å². The van der Waals surface area contributed by atoms with Gasteiger partial charge < -0.3 is 41.7 Å². The topological polar surface area (TPSA) is 303 Å². The highest BCUT2D eigenvalue weighted by atomic mass is 32.2. The van der Waals surface area contributed by atoms with Gasteiger partial charge in [0.15, 0.2) is 10.8 Å². The first-order valence-electron chi connectivity index (χ1n) is 13.6. The largest absolute Gasteiger partial charge is 0.506 e. The number of sulfonamides is 1. The number of fused-ring (bicyclic) bond motifs is 1. The summed E-state index contributed by atoms with van der Waals surface area (Å²) in [5.41, 5.74) is 7.80. The van der Waals surface area contributed by atoms with Gasteiger partial charge in [0.25, 0.3) is 11.8 Å². The van der Waals surface area contributed by atoms with Gasteiger partial charge in [0.2, 0.25) is 15.6 Å². The van der Waals surface area contributed by atoms with E-state index in [2.05, 4.69) is 20.2 Å². The Morgan fingerprint density at radius 1 is 1.23 bits per heavy atom. The van der Waals surface area contributed by atoms with Gasteiger partial charge in [0, 0.05) is 23.3 Å². The zero-order valence-corrected chi connectivity index (χ0v) is 27.5. The number of nitrogens with zero attached hydrogens (tertiary/aromatic N) is 3. The molecule has 258 valence electrons. The van der Waals surface area contributed by atoms with Gasteiger partial charge in [-0.1, -0.05) is 5.16 Å². The highest BCUT2D eigenvalue weighted by Gasteiger charge is 2.54. The molecule has 3 heterocycles. The Labute approximate surface area is 280 Å². The third-order valence-electron chi connectivity index (χ3n) is 6.66. The van der Waals surface area contributed by atoms with Crippen LogP contribution in [0.5, 0.6) is 5.75 Å². The molecule has 9 N–H and O–H groups in total. The van der Waals surface area contributed by atoms with Crippen LogP contribution in [0, 0.1) is 0 Å². The van der Waals surface area contributed by atoms with E-state index in [0.29, 0.717) is 0 Å². The number of benzene rings is 1. The Morgan fingerprint density at radius 2 is 1.94 bits per heavy atom. The van der Waals surface area contributed by atoms with Crippen molar-refractivity contribution < 1.29 is 57.3 Å². The van der Waals surface area contributed by atoms with Crippen LogP contribution in [-0.4, -0.2) is 111 Å². The number of carbonyl (C=O) groups excluding carboxylic acids is 3. The number of thioether (sulfide) groups is 1. The summed E-state index contributed by atoms with van der Waals surface area (Å²) in [4.78, 5) is 72.7. The van der Waals surface area contributed by atoms with Crippen LogP contribution in [0.4, 0.5) is 10.8 Å². The van der Waals surface area contributed by atoms with Crippen LogP contribution in [-0.2, 0) is 38.8 Å². The van der Waals surface area contributed by atoms with E-state index < -0.39 is 86.3 Å². The quantitative estimate of drug-likeness (QED) is 0.0416. The summed E-state index contributed by atoms with van der Waals surface area (Å²) in [6.45, 7) is 1.68. The van der Waals surface area contributed by atoms with Crippen molar-refractivity contribution in [2.24, 2.45) is 10.9 Å². The summed E-state index contributed by atoms with van der Waals surface area (Å²) < 4.78 is 31.2. The van der Waals surface area contributed by atoms with Crippen molar-refractivity contribution >= 4 is 79.4 Å². The van der Waals surface area contributed by atoms with E-state index in [1.165, 1.54) is 25.3 Å². The molecule has 19 nitrogen and oxygen atoms in total. The summed E-state index contributed by atoms with van der Waals surface area (Å²) in [5, 5.41) is 36.1. The van der Waals surface area contributed by atoms with Gasteiger partial charge in [0.05, 0.1) is 17.0 Å². The minimum absolute atomic E-state index is 0.0255. The van der Waals surface area contributed by atoms with Crippen molar-refractivity contribution in [2.75, 3.05) is 35.1 Å². The number of carboxylic acids is 2. The molecule has 2 amide bonds. The van der Waals surface area contributed by atoms with Crippen molar-refractivity contribution in [1.29, 1.82) is 0 Å². The van der Waals surface area contributed by atoms with Crippen molar-refractivity contribution in [3.8, 4) is 5.75 Å². The van der Waals surface area contributed by atoms with E-state index in [4.69, 9.17) is 21.0 Å². The number of esters is 1. The highest BCUT2D eigenvalue weighted by molar-refractivity contribution is 8.00. The van der Waals surface area contributed by atoms with Crippen LogP contribution in [0.25, 0.3) is 0 Å². The van der Waals surface area contributed by atoms with E-state index in [-0.39, 0.29) is 39.9 Å². The number of thiazole rings is 1. The van der Waals surface area contributed by atoms with E-state index in [0.717, 1.165) is 40.1 Å². The van der Waals surface area contributed by atoms with Crippen molar-refractivity contribution in [1.82, 2.24) is 15.2 Å². The molecule has 2 aliphatic heterocycles. The molecule has 0 saturated carbocycles. The molecule has 1 aromatic carbocycles. The van der Waals surface area contributed by atoms with Crippen LogP contribution in [0.3, 0.4) is 0 Å². The Bertz CT molecular complexity index is 1840. The van der Waals surface area contributed by atoms with Crippen molar-refractivity contribution in [3.05, 3.63) is 46.1 Å². The highest BCUT2D eigenvalue weighted by Crippen LogP contribution is 2.40. The lowest BCUT2D eigenvalue weighted by Crippen LogP contribution is -2.71. The van der Waals surface area contributed by atoms with Crippen LogP contribution in [0.1, 0.15) is 29.9 Å². The van der Waals surface area contributed by atoms with Gasteiger partial charge in [0.1, 0.15) is 35.2 Å². The molecule has 0 spiro atoms. The molecule has 2 atom stereocenters. The standard InChI is InChI=1S/C26H29N7O12S3/c1-26(2,24(40)41)45-31-16(14-10-47-25(28)29-14)19(35)30-17-20(36)33-18(22(37)38)12(9-46-21(17)33)8-44-23(39)11-3-4-13(15(34)7-11)32-48(42,43)6-5-27/h3-4,7,10,17,21,32,34H,5-6,8-9,27H2,1-2H3,(H2,28,29)(H,30,35)(H,37,38)(H,40,41)/t17?,21-/m1/s1. The Balaban J connectivity index is 1.46. The number of phenolic OH excluding ortho intramolecular Hbond substituents is 1. The third kappa shape index (κ3) is 7.78. The van der Waals surface area contributed by atoms with Crippen molar-refractivity contribution in [3.63, 3.8) is 0 Å². The number of nitrogens with one attached hydrogen (secondary N) is 2. The Hall–Kier alpha value is -4.93. The molecule has 1 saturated heterocycles. The van der Waals surface area contributed by atoms with E-state index in [1.807, 2.05) is 0 Å². The Morgan fingerprint density at radius 3 is 2.52 bits per heavy atom. The Kier molecular flexibility index (Phi) is 10.5. The molecule has 4 rings (SSSR count). The number of hydrogen-bond acceptors (Lipinski definition) is 16. The maximum atomic E-state index is 13.2. The molecule has 1 unspecified atom stereocenters. The molecular weight excluding hydrogens is 699 g/mol. The molecule has 0 aliphatic carbocycles.